The van der Waals surface area contributed by atoms with Gasteiger partial charge in [0.05, 0.1) is 0 Å². The van der Waals surface area contributed by atoms with Crippen molar-refractivity contribution in [3.8, 4) is 0 Å². The largest absolute Gasteiger partial charge is 0.462 e. The van der Waals surface area contributed by atoms with Gasteiger partial charge >= 0.3 is 17.9 Å². The first-order chi connectivity index (χ1) is 31.0. The van der Waals surface area contributed by atoms with Crippen LogP contribution in [0.1, 0.15) is 265 Å². The Labute approximate surface area is 390 Å². The van der Waals surface area contributed by atoms with Crippen LogP contribution in [0.4, 0.5) is 0 Å². The summed E-state index contributed by atoms with van der Waals surface area (Å²) in [7, 11) is 0. The maximum atomic E-state index is 12.8. The Bertz CT molecular complexity index is 1150. The van der Waals surface area contributed by atoms with Gasteiger partial charge in [0.25, 0.3) is 0 Å². The number of ether oxygens (including phenoxy) is 3. The van der Waals surface area contributed by atoms with Gasteiger partial charge in [0.15, 0.2) is 6.10 Å². The Morgan fingerprint density at radius 1 is 0.317 bits per heavy atom. The van der Waals surface area contributed by atoms with E-state index in [9.17, 15) is 14.4 Å². The normalized spacial score (nSPS) is 12.5. The highest BCUT2D eigenvalue weighted by atomic mass is 16.6. The molecule has 0 aromatic heterocycles. The molecule has 0 saturated heterocycles. The smallest absolute Gasteiger partial charge is 0.306 e. The fraction of sp³-hybridized carbons (Fsp3) is 0.772. The van der Waals surface area contributed by atoms with Crippen LogP contribution < -0.4 is 0 Å². The number of carbonyl (C=O) groups excluding carboxylic acids is 3. The van der Waals surface area contributed by atoms with Crippen LogP contribution in [0.3, 0.4) is 0 Å². The van der Waals surface area contributed by atoms with Crippen LogP contribution in [0.15, 0.2) is 60.8 Å². The number of esters is 3. The topological polar surface area (TPSA) is 78.9 Å². The Hall–Kier alpha value is -2.89. The molecule has 0 aliphatic heterocycles. The van der Waals surface area contributed by atoms with Gasteiger partial charge in [-0.1, -0.05) is 204 Å². The maximum Gasteiger partial charge on any atom is 0.306 e. The summed E-state index contributed by atoms with van der Waals surface area (Å²) in [6.07, 6.45) is 63.4. The zero-order chi connectivity index (χ0) is 45.8. The third kappa shape index (κ3) is 50.0. The van der Waals surface area contributed by atoms with E-state index in [1.165, 1.54) is 128 Å². The summed E-state index contributed by atoms with van der Waals surface area (Å²) < 4.78 is 16.8. The molecule has 364 valence electrons. The molecule has 0 aromatic carbocycles. The van der Waals surface area contributed by atoms with Gasteiger partial charge in [0, 0.05) is 19.3 Å². The van der Waals surface area contributed by atoms with Gasteiger partial charge in [-0.2, -0.15) is 0 Å². The fourth-order valence-electron chi connectivity index (χ4n) is 7.37. The highest BCUT2D eigenvalue weighted by molar-refractivity contribution is 5.71. The van der Waals surface area contributed by atoms with Crippen molar-refractivity contribution in [2.24, 2.45) is 0 Å². The Kier molecular flexibility index (Phi) is 49.4. The van der Waals surface area contributed by atoms with Crippen LogP contribution in [0.5, 0.6) is 0 Å². The van der Waals surface area contributed by atoms with Crippen molar-refractivity contribution < 1.29 is 28.6 Å². The Morgan fingerprint density at radius 3 is 0.984 bits per heavy atom. The average Bonchev–Trinajstić information content (AvgIpc) is 3.28. The zero-order valence-electron chi connectivity index (χ0n) is 41.6. The molecule has 1 unspecified atom stereocenters. The zero-order valence-corrected chi connectivity index (χ0v) is 41.6. The van der Waals surface area contributed by atoms with Gasteiger partial charge in [-0.3, -0.25) is 14.4 Å². The summed E-state index contributed by atoms with van der Waals surface area (Å²) in [4.78, 5) is 38.0. The highest BCUT2D eigenvalue weighted by Gasteiger charge is 2.19. The van der Waals surface area contributed by atoms with Crippen LogP contribution in [0, 0.1) is 0 Å². The second kappa shape index (κ2) is 51.7. The van der Waals surface area contributed by atoms with Crippen molar-refractivity contribution in [1.29, 1.82) is 0 Å². The van der Waals surface area contributed by atoms with E-state index in [0.717, 1.165) is 96.3 Å². The molecule has 0 heterocycles. The molecular weight excluding hydrogens is 781 g/mol. The second-order valence-electron chi connectivity index (χ2n) is 17.8. The molecule has 1 atom stereocenters. The lowest BCUT2D eigenvalue weighted by Gasteiger charge is -2.18. The van der Waals surface area contributed by atoms with E-state index in [0.29, 0.717) is 19.3 Å². The summed E-state index contributed by atoms with van der Waals surface area (Å²) >= 11 is 0. The summed E-state index contributed by atoms with van der Waals surface area (Å²) in [5.74, 6) is -0.911. The second-order valence-corrected chi connectivity index (χ2v) is 17.8. The van der Waals surface area contributed by atoms with Crippen molar-refractivity contribution in [2.75, 3.05) is 13.2 Å². The van der Waals surface area contributed by atoms with Gasteiger partial charge < -0.3 is 14.2 Å². The van der Waals surface area contributed by atoms with Gasteiger partial charge in [0.2, 0.25) is 0 Å². The van der Waals surface area contributed by atoms with E-state index in [1.807, 2.05) is 0 Å². The minimum Gasteiger partial charge on any atom is -0.462 e. The molecule has 0 amide bonds. The number of hydrogen-bond donors (Lipinski definition) is 0. The number of hydrogen-bond acceptors (Lipinski definition) is 6. The lowest BCUT2D eigenvalue weighted by Crippen LogP contribution is -2.30. The SMILES string of the molecule is CCCC/C=C\CCCCCCCC(=O)OCC(COC(=O)CCCCCCCC/C=C\C/C=C\C/C=C\CCCCC)OC(=O)CCCCCCC/C=C\CCCCCCCC. The standard InChI is InChI=1S/C57H100O6/c1-4-7-10-13-16-19-22-24-26-27-28-29-31-32-35-38-41-44-47-50-56(59)62-53-54(52-61-55(58)49-46-43-40-37-34-21-18-15-12-9-6-3)63-57(60)51-48-45-42-39-36-33-30-25-23-20-17-14-11-8-5-2/h15-16,18-19,24-26,28-30,54H,4-14,17,20-23,27,31-53H2,1-3H3/b18-15-,19-16-,26-24-,29-28-,30-25-. The summed E-state index contributed by atoms with van der Waals surface area (Å²) in [5, 5.41) is 0. The van der Waals surface area contributed by atoms with Gasteiger partial charge in [0.1, 0.15) is 13.2 Å². The van der Waals surface area contributed by atoms with Crippen molar-refractivity contribution >= 4 is 17.9 Å². The first-order valence-electron chi connectivity index (χ1n) is 26.8. The van der Waals surface area contributed by atoms with Crippen LogP contribution in [0.2, 0.25) is 0 Å². The summed E-state index contributed by atoms with van der Waals surface area (Å²) in [5.41, 5.74) is 0. The van der Waals surface area contributed by atoms with Gasteiger partial charge in [-0.25, -0.2) is 0 Å². The van der Waals surface area contributed by atoms with Crippen LogP contribution >= 0.6 is 0 Å². The molecule has 0 fully saturated rings. The third-order valence-corrected chi connectivity index (χ3v) is 11.5. The lowest BCUT2D eigenvalue weighted by molar-refractivity contribution is -0.167. The van der Waals surface area contributed by atoms with E-state index in [2.05, 4.69) is 81.5 Å². The van der Waals surface area contributed by atoms with Crippen LogP contribution in [-0.4, -0.2) is 37.2 Å². The van der Waals surface area contributed by atoms with Crippen molar-refractivity contribution in [3.05, 3.63) is 60.8 Å². The van der Waals surface area contributed by atoms with E-state index in [4.69, 9.17) is 14.2 Å². The first-order valence-corrected chi connectivity index (χ1v) is 26.8. The fourth-order valence-corrected chi connectivity index (χ4v) is 7.37. The molecule has 0 aliphatic carbocycles. The number of carbonyl (C=O) groups is 3. The predicted octanol–water partition coefficient (Wildman–Crippen LogP) is 17.6. The van der Waals surface area contributed by atoms with Crippen LogP contribution in [-0.2, 0) is 28.6 Å². The third-order valence-electron chi connectivity index (χ3n) is 11.5. The summed E-state index contributed by atoms with van der Waals surface area (Å²) in [6, 6.07) is 0. The van der Waals surface area contributed by atoms with Crippen molar-refractivity contribution in [1.82, 2.24) is 0 Å². The molecule has 0 bridgehead atoms. The molecule has 6 nitrogen and oxygen atoms in total. The van der Waals surface area contributed by atoms with Crippen LogP contribution in [0.25, 0.3) is 0 Å². The number of unbranched alkanes of at least 4 members (excludes halogenated alkanes) is 27. The molecule has 0 spiro atoms. The van der Waals surface area contributed by atoms with Gasteiger partial charge in [-0.05, 0) is 103 Å². The van der Waals surface area contributed by atoms with E-state index in [1.54, 1.807) is 0 Å². The maximum absolute atomic E-state index is 12.8. The molecule has 0 N–H and O–H groups in total. The monoisotopic (exact) mass is 881 g/mol. The quantitative estimate of drug-likeness (QED) is 0.0262. The van der Waals surface area contributed by atoms with E-state index < -0.39 is 6.10 Å². The summed E-state index contributed by atoms with van der Waals surface area (Å²) in [6.45, 7) is 6.55. The molecule has 0 rings (SSSR count). The molecular formula is C57H100O6. The molecule has 0 aliphatic rings. The van der Waals surface area contributed by atoms with Crippen molar-refractivity contribution in [2.45, 2.75) is 271 Å². The lowest BCUT2D eigenvalue weighted by atomic mass is 10.1. The Balaban J connectivity index is 4.38. The minimum atomic E-state index is -0.786. The van der Waals surface area contributed by atoms with Crippen molar-refractivity contribution in [3.63, 3.8) is 0 Å². The number of rotatable bonds is 48. The highest BCUT2D eigenvalue weighted by Crippen LogP contribution is 2.14. The molecule has 0 aromatic rings. The number of allylic oxidation sites excluding steroid dienone is 10. The van der Waals surface area contributed by atoms with Gasteiger partial charge in [-0.15, -0.1) is 0 Å². The van der Waals surface area contributed by atoms with E-state index in [-0.39, 0.29) is 31.1 Å². The minimum absolute atomic E-state index is 0.0860. The molecule has 63 heavy (non-hydrogen) atoms. The Morgan fingerprint density at radius 2 is 0.587 bits per heavy atom. The molecule has 0 radical (unpaired) electrons. The predicted molar refractivity (Wildman–Crippen MR) is 270 cm³/mol. The molecule has 0 saturated carbocycles. The average molecular weight is 881 g/mol. The molecule has 6 heteroatoms. The van der Waals surface area contributed by atoms with E-state index >= 15 is 0 Å². The first kappa shape index (κ1) is 60.1.